The number of amides is 1. The van der Waals surface area contributed by atoms with Gasteiger partial charge in [-0.05, 0) is 51.8 Å². The summed E-state index contributed by atoms with van der Waals surface area (Å²) in [5.41, 5.74) is 1.23. The number of ketones is 1. The highest BCUT2D eigenvalue weighted by molar-refractivity contribution is 9.10. The van der Waals surface area contributed by atoms with Crippen LogP contribution in [0.4, 0.5) is 4.79 Å². The van der Waals surface area contributed by atoms with E-state index >= 15 is 0 Å². The van der Waals surface area contributed by atoms with Gasteiger partial charge in [-0.15, -0.1) is 0 Å². The van der Waals surface area contributed by atoms with Gasteiger partial charge in [0, 0.05) is 22.0 Å². The molecule has 0 heterocycles. The maximum absolute atomic E-state index is 12.4. The minimum Gasteiger partial charge on any atom is -0.444 e. The summed E-state index contributed by atoms with van der Waals surface area (Å²) in [5, 5.41) is 2.76. The molecule has 0 bridgehead atoms. The zero-order valence-electron chi connectivity index (χ0n) is 12.7. The lowest BCUT2D eigenvalue weighted by Gasteiger charge is -2.24. The van der Waals surface area contributed by atoms with Crippen molar-refractivity contribution in [1.82, 2.24) is 5.32 Å². The van der Waals surface area contributed by atoms with Crippen molar-refractivity contribution in [2.45, 2.75) is 45.8 Å². The Morgan fingerprint density at radius 1 is 1.43 bits per heavy atom. The molecule has 0 saturated carbocycles. The van der Waals surface area contributed by atoms with E-state index in [1.807, 2.05) is 45.9 Å². The van der Waals surface area contributed by atoms with Crippen molar-refractivity contribution in [2.75, 3.05) is 0 Å². The first-order chi connectivity index (χ1) is 9.67. The van der Waals surface area contributed by atoms with Crippen molar-refractivity contribution in [3.8, 4) is 0 Å². The quantitative estimate of drug-likeness (QED) is 0.881. The zero-order chi connectivity index (χ0) is 15.8. The van der Waals surface area contributed by atoms with E-state index in [0.717, 1.165) is 15.6 Å². The second-order valence-electron chi connectivity index (χ2n) is 6.41. The summed E-state index contributed by atoms with van der Waals surface area (Å²) in [6.45, 7) is 7.27. The molecule has 0 spiro atoms. The summed E-state index contributed by atoms with van der Waals surface area (Å²) >= 11 is 3.41. The maximum atomic E-state index is 12.4. The molecule has 1 aliphatic carbocycles. The number of Topliss-reactive ketones (excluding diaryl/α,β-unsaturated/α-hetero) is 1. The molecule has 114 valence electrons. The van der Waals surface area contributed by atoms with Gasteiger partial charge in [0.1, 0.15) is 5.60 Å². The van der Waals surface area contributed by atoms with Gasteiger partial charge < -0.3 is 10.1 Å². The van der Waals surface area contributed by atoms with Gasteiger partial charge in [-0.3, -0.25) is 4.79 Å². The molecular formula is C16H20BrNO3. The van der Waals surface area contributed by atoms with Crippen molar-refractivity contribution in [2.24, 2.45) is 5.92 Å². The maximum Gasteiger partial charge on any atom is 0.407 e. The molecule has 1 aliphatic rings. The third-order valence-electron chi connectivity index (χ3n) is 3.46. The molecule has 2 atom stereocenters. The van der Waals surface area contributed by atoms with Crippen LogP contribution in [-0.2, 0) is 11.2 Å². The standard InChI is InChI=1S/C16H20BrNO3/c1-9(18-15(20)21-16(2,3)4)13-8-10-7-11(17)5-6-12(10)14(13)19/h5-7,9,13H,8H2,1-4H3,(H,18,20). The number of hydrogen-bond donors (Lipinski definition) is 1. The molecule has 0 aliphatic heterocycles. The topological polar surface area (TPSA) is 55.4 Å². The normalized spacial score (nSPS) is 19.1. The van der Waals surface area contributed by atoms with E-state index in [4.69, 9.17) is 4.74 Å². The summed E-state index contributed by atoms with van der Waals surface area (Å²) in [4.78, 5) is 24.2. The number of nitrogens with one attached hydrogen (secondary N) is 1. The minimum absolute atomic E-state index is 0.0843. The number of carbonyl (C=O) groups excluding carboxylic acids is 2. The summed E-state index contributed by atoms with van der Waals surface area (Å²) in [6, 6.07) is 5.40. The number of rotatable bonds is 2. The van der Waals surface area contributed by atoms with Gasteiger partial charge in [0.2, 0.25) is 0 Å². The first-order valence-corrected chi connectivity index (χ1v) is 7.79. The minimum atomic E-state index is -0.544. The molecule has 0 fully saturated rings. The number of fused-ring (bicyclic) bond motifs is 1. The van der Waals surface area contributed by atoms with E-state index in [9.17, 15) is 9.59 Å². The molecule has 1 aromatic rings. The fourth-order valence-corrected chi connectivity index (χ4v) is 2.91. The van der Waals surface area contributed by atoms with Crippen molar-refractivity contribution in [3.05, 3.63) is 33.8 Å². The zero-order valence-corrected chi connectivity index (χ0v) is 14.3. The molecule has 0 saturated heterocycles. The van der Waals surface area contributed by atoms with Crippen molar-refractivity contribution in [1.29, 1.82) is 0 Å². The fraction of sp³-hybridized carbons (Fsp3) is 0.500. The molecule has 21 heavy (non-hydrogen) atoms. The van der Waals surface area contributed by atoms with Gasteiger partial charge >= 0.3 is 6.09 Å². The molecule has 1 aromatic carbocycles. The average Bonchev–Trinajstić information content (AvgIpc) is 2.63. The Balaban J connectivity index is 2.04. The molecule has 0 radical (unpaired) electrons. The first-order valence-electron chi connectivity index (χ1n) is 6.99. The van der Waals surface area contributed by atoms with Crippen LogP contribution in [0.3, 0.4) is 0 Å². The van der Waals surface area contributed by atoms with Crippen LogP contribution in [0.15, 0.2) is 22.7 Å². The Morgan fingerprint density at radius 3 is 2.71 bits per heavy atom. The van der Waals surface area contributed by atoms with Crippen molar-refractivity contribution < 1.29 is 14.3 Å². The second-order valence-corrected chi connectivity index (χ2v) is 7.33. The van der Waals surface area contributed by atoms with E-state index in [1.165, 1.54) is 0 Å². The van der Waals surface area contributed by atoms with Gasteiger partial charge in [0.25, 0.3) is 0 Å². The molecule has 2 rings (SSSR count). The van der Waals surface area contributed by atoms with E-state index in [2.05, 4.69) is 21.2 Å². The average molecular weight is 354 g/mol. The molecule has 1 amide bonds. The van der Waals surface area contributed by atoms with Crippen LogP contribution in [0.25, 0.3) is 0 Å². The van der Waals surface area contributed by atoms with Crippen LogP contribution < -0.4 is 5.32 Å². The van der Waals surface area contributed by atoms with Gasteiger partial charge in [-0.1, -0.05) is 22.0 Å². The molecule has 1 N–H and O–H groups in total. The Morgan fingerprint density at radius 2 is 2.10 bits per heavy atom. The predicted molar refractivity (Wildman–Crippen MR) is 84.5 cm³/mol. The largest absolute Gasteiger partial charge is 0.444 e. The summed E-state index contributed by atoms with van der Waals surface area (Å²) in [5.74, 6) is -0.150. The lowest BCUT2D eigenvalue weighted by atomic mass is 9.97. The van der Waals surface area contributed by atoms with Crippen molar-refractivity contribution >= 4 is 27.8 Å². The van der Waals surface area contributed by atoms with Crippen LogP contribution in [0.2, 0.25) is 0 Å². The fourth-order valence-electron chi connectivity index (χ4n) is 2.50. The summed E-state index contributed by atoms with van der Waals surface area (Å²) < 4.78 is 6.19. The first kappa shape index (κ1) is 16.0. The number of hydrogen-bond acceptors (Lipinski definition) is 3. The molecular weight excluding hydrogens is 334 g/mol. The smallest absolute Gasteiger partial charge is 0.407 e. The molecule has 4 nitrogen and oxygen atoms in total. The number of halogens is 1. The third kappa shape index (κ3) is 3.84. The van der Waals surface area contributed by atoms with Crippen LogP contribution >= 0.6 is 15.9 Å². The number of carbonyl (C=O) groups is 2. The van der Waals surface area contributed by atoms with Gasteiger partial charge in [-0.2, -0.15) is 0 Å². The number of ether oxygens (including phenoxy) is 1. The lowest BCUT2D eigenvalue weighted by molar-refractivity contribution is 0.0492. The number of alkyl carbamates (subject to hydrolysis) is 1. The van der Waals surface area contributed by atoms with E-state index in [-0.39, 0.29) is 17.7 Å². The second kappa shape index (κ2) is 5.79. The monoisotopic (exact) mass is 353 g/mol. The predicted octanol–water partition coefficient (Wildman–Crippen LogP) is 3.72. The third-order valence-corrected chi connectivity index (χ3v) is 3.95. The van der Waals surface area contributed by atoms with E-state index in [1.54, 1.807) is 0 Å². The summed E-state index contributed by atoms with van der Waals surface area (Å²) in [7, 11) is 0. The van der Waals surface area contributed by atoms with Gasteiger partial charge in [0.15, 0.2) is 5.78 Å². The van der Waals surface area contributed by atoms with Crippen LogP contribution in [0, 0.1) is 5.92 Å². The van der Waals surface area contributed by atoms with Crippen LogP contribution in [0.5, 0.6) is 0 Å². The highest BCUT2D eigenvalue weighted by atomic mass is 79.9. The van der Waals surface area contributed by atoms with Crippen molar-refractivity contribution in [3.63, 3.8) is 0 Å². The molecule has 5 heteroatoms. The Kier molecular flexibility index (Phi) is 4.42. The Hall–Kier alpha value is -1.36. The highest BCUT2D eigenvalue weighted by Gasteiger charge is 2.35. The number of benzene rings is 1. The van der Waals surface area contributed by atoms with E-state index in [0.29, 0.717) is 6.42 Å². The van der Waals surface area contributed by atoms with Gasteiger partial charge in [-0.25, -0.2) is 4.79 Å². The van der Waals surface area contributed by atoms with Crippen LogP contribution in [-0.4, -0.2) is 23.5 Å². The highest BCUT2D eigenvalue weighted by Crippen LogP contribution is 2.31. The van der Waals surface area contributed by atoms with E-state index < -0.39 is 11.7 Å². The van der Waals surface area contributed by atoms with Gasteiger partial charge in [0.05, 0.1) is 0 Å². The molecule has 2 unspecified atom stereocenters. The Labute approximate surface area is 133 Å². The lowest BCUT2D eigenvalue weighted by Crippen LogP contribution is -2.43. The molecule has 0 aromatic heterocycles. The van der Waals surface area contributed by atoms with Crippen LogP contribution in [0.1, 0.15) is 43.6 Å². The summed E-state index contributed by atoms with van der Waals surface area (Å²) in [6.07, 6.45) is 0.157. The Bertz CT molecular complexity index is 577. The SMILES string of the molecule is CC(NC(=O)OC(C)(C)C)C1Cc2cc(Br)ccc2C1=O.